The summed E-state index contributed by atoms with van der Waals surface area (Å²) in [6.07, 6.45) is 4.74. The number of fused-ring (bicyclic) bond motifs is 1. The Morgan fingerprint density at radius 2 is 1.77 bits per heavy atom. The molecule has 0 aliphatic carbocycles. The summed E-state index contributed by atoms with van der Waals surface area (Å²) in [5.74, 6) is 1.56. The Balaban J connectivity index is 1.37. The van der Waals surface area contributed by atoms with E-state index in [1.165, 1.54) is 23.5 Å². The van der Waals surface area contributed by atoms with Crippen LogP contribution in [0.4, 0.5) is 21.2 Å². The van der Waals surface area contributed by atoms with Gasteiger partial charge in [-0.3, -0.25) is 4.40 Å². The van der Waals surface area contributed by atoms with Gasteiger partial charge in [-0.2, -0.15) is 5.26 Å². The van der Waals surface area contributed by atoms with Crippen LogP contribution < -0.4 is 15.1 Å². The third-order valence-electron chi connectivity index (χ3n) is 6.96. The summed E-state index contributed by atoms with van der Waals surface area (Å²) in [4.78, 5) is 19.2. The molecule has 39 heavy (non-hydrogen) atoms. The Hall–Kier alpha value is -4.33. The maximum absolute atomic E-state index is 13.5. The number of pyridine rings is 2. The number of nitrogens with one attached hydrogen (secondary N) is 1. The van der Waals surface area contributed by atoms with Crippen molar-refractivity contribution in [2.24, 2.45) is 0 Å². The predicted octanol–water partition coefficient (Wildman–Crippen LogP) is 5.27. The number of hydrogen-bond donors (Lipinski definition) is 1. The van der Waals surface area contributed by atoms with Crippen LogP contribution >= 0.6 is 11.3 Å². The molecule has 1 aliphatic rings. The van der Waals surface area contributed by atoms with Gasteiger partial charge in [-0.1, -0.05) is 18.3 Å². The first-order chi connectivity index (χ1) is 19.1. The molecule has 1 aromatic carbocycles. The van der Waals surface area contributed by atoms with Gasteiger partial charge < -0.3 is 15.1 Å². The summed E-state index contributed by atoms with van der Waals surface area (Å²) < 4.78 is 15.6. The number of halogens is 1. The molecule has 0 unspecified atom stereocenters. The number of piperazine rings is 1. The lowest BCUT2D eigenvalue weighted by atomic mass is 10.1. The maximum Gasteiger partial charge on any atom is 0.192 e. The highest BCUT2D eigenvalue weighted by molar-refractivity contribution is 7.16. The van der Waals surface area contributed by atoms with E-state index in [2.05, 4.69) is 52.0 Å². The summed E-state index contributed by atoms with van der Waals surface area (Å²) in [5.41, 5.74) is 5.07. The monoisotopic (exact) mass is 538 g/mol. The average Bonchev–Trinajstić information content (AvgIpc) is 3.59. The molecule has 0 amide bonds. The molecule has 4 aromatic heterocycles. The highest BCUT2D eigenvalue weighted by Gasteiger charge is 2.22. The SMILES string of the molecule is CCc1nc2ccc(-c3ccc(N4CCNCC4)nc3)cn2c1N(C)c1nc(-c2ccc(F)cc2)c(C#N)s1. The molecule has 1 saturated heterocycles. The molecule has 6 rings (SSSR count). The van der Waals surface area contributed by atoms with E-state index in [9.17, 15) is 9.65 Å². The molecule has 196 valence electrons. The lowest BCUT2D eigenvalue weighted by Gasteiger charge is -2.28. The Bertz CT molecular complexity index is 1660. The van der Waals surface area contributed by atoms with Crippen LogP contribution in [0.3, 0.4) is 0 Å². The minimum Gasteiger partial charge on any atom is -0.354 e. The van der Waals surface area contributed by atoms with Gasteiger partial charge in [0, 0.05) is 62.3 Å². The second-order valence-electron chi connectivity index (χ2n) is 9.38. The topological polar surface area (TPSA) is 85.4 Å². The first-order valence-electron chi connectivity index (χ1n) is 12.9. The number of rotatable bonds is 6. The van der Waals surface area contributed by atoms with Crippen molar-refractivity contribution in [3.8, 4) is 28.5 Å². The fourth-order valence-electron chi connectivity index (χ4n) is 4.90. The molecular weight excluding hydrogens is 511 g/mol. The lowest BCUT2D eigenvalue weighted by Crippen LogP contribution is -2.43. The zero-order chi connectivity index (χ0) is 26.9. The van der Waals surface area contributed by atoms with Gasteiger partial charge in [0.1, 0.15) is 39.7 Å². The number of thiazole rings is 1. The zero-order valence-corrected chi connectivity index (χ0v) is 22.5. The van der Waals surface area contributed by atoms with Crippen molar-refractivity contribution in [3.63, 3.8) is 0 Å². The van der Waals surface area contributed by atoms with Gasteiger partial charge in [-0.05, 0) is 55.0 Å². The normalized spacial score (nSPS) is 13.5. The van der Waals surface area contributed by atoms with Crippen molar-refractivity contribution in [2.45, 2.75) is 13.3 Å². The third kappa shape index (κ3) is 4.71. The molecule has 8 nitrogen and oxygen atoms in total. The summed E-state index contributed by atoms with van der Waals surface area (Å²) in [7, 11) is 1.94. The number of anilines is 3. The molecule has 1 aliphatic heterocycles. The van der Waals surface area contributed by atoms with E-state index in [0.717, 1.165) is 66.7 Å². The van der Waals surface area contributed by atoms with Gasteiger partial charge in [0.25, 0.3) is 0 Å². The van der Waals surface area contributed by atoms with Crippen LogP contribution in [0.15, 0.2) is 60.9 Å². The Labute approximate surface area is 230 Å². The highest BCUT2D eigenvalue weighted by Crippen LogP contribution is 2.37. The molecule has 0 spiro atoms. The Morgan fingerprint density at radius 1 is 1.03 bits per heavy atom. The van der Waals surface area contributed by atoms with Gasteiger partial charge in [0.2, 0.25) is 0 Å². The van der Waals surface area contributed by atoms with Crippen molar-refractivity contribution < 1.29 is 4.39 Å². The number of nitriles is 1. The number of hydrogen-bond acceptors (Lipinski definition) is 8. The van der Waals surface area contributed by atoms with E-state index < -0.39 is 0 Å². The van der Waals surface area contributed by atoms with Gasteiger partial charge in [-0.25, -0.2) is 19.3 Å². The molecule has 0 bridgehead atoms. The first kappa shape index (κ1) is 25.0. The number of imidazole rings is 1. The zero-order valence-electron chi connectivity index (χ0n) is 21.7. The van der Waals surface area contributed by atoms with E-state index in [4.69, 9.17) is 15.0 Å². The van der Waals surface area contributed by atoms with E-state index in [1.807, 2.05) is 24.2 Å². The van der Waals surface area contributed by atoms with Gasteiger partial charge >= 0.3 is 0 Å². The van der Waals surface area contributed by atoms with Crippen molar-refractivity contribution in [1.29, 1.82) is 5.26 Å². The largest absolute Gasteiger partial charge is 0.354 e. The van der Waals surface area contributed by atoms with Crippen molar-refractivity contribution in [2.75, 3.05) is 43.0 Å². The molecule has 5 aromatic rings. The van der Waals surface area contributed by atoms with Crippen LogP contribution in [-0.4, -0.2) is 52.6 Å². The van der Waals surface area contributed by atoms with E-state index in [0.29, 0.717) is 21.3 Å². The summed E-state index contributed by atoms with van der Waals surface area (Å²) in [6, 6.07) is 16.6. The summed E-state index contributed by atoms with van der Waals surface area (Å²) >= 11 is 1.31. The molecular formula is C29H27FN8S. The highest BCUT2D eigenvalue weighted by atomic mass is 32.1. The average molecular weight is 539 g/mol. The minimum atomic E-state index is -0.326. The lowest BCUT2D eigenvalue weighted by molar-refractivity contribution is 0.585. The van der Waals surface area contributed by atoms with E-state index in [1.54, 1.807) is 12.1 Å². The standard InChI is InChI=1S/C29H27FN8S/c1-3-23-28(36(2)29-35-27(24(16-31)39-29)19-4-8-22(30)9-5-19)38-18-21(7-11-26(38)34-23)20-6-10-25(33-17-20)37-14-12-32-13-15-37/h4-11,17-18,32H,3,12-15H2,1-2H3. The van der Waals surface area contributed by atoms with Gasteiger partial charge in [0.15, 0.2) is 5.13 Å². The van der Waals surface area contributed by atoms with Crippen molar-refractivity contribution in [1.82, 2.24) is 24.7 Å². The van der Waals surface area contributed by atoms with Crippen molar-refractivity contribution >= 4 is 33.8 Å². The van der Waals surface area contributed by atoms with Crippen LogP contribution in [0.5, 0.6) is 0 Å². The molecule has 10 heteroatoms. The van der Waals surface area contributed by atoms with E-state index >= 15 is 0 Å². The smallest absolute Gasteiger partial charge is 0.192 e. The second kappa shape index (κ2) is 10.4. The van der Waals surface area contributed by atoms with Crippen LogP contribution in [0.25, 0.3) is 28.0 Å². The van der Waals surface area contributed by atoms with Gasteiger partial charge in [0.05, 0.1) is 5.69 Å². The summed E-state index contributed by atoms with van der Waals surface area (Å²) in [6.45, 7) is 5.92. The fraction of sp³-hybridized carbons (Fsp3) is 0.241. The quantitative estimate of drug-likeness (QED) is 0.315. The number of nitrogens with zero attached hydrogens (tertiary/aromatic N) is 7. The second-order valence-corrected chi connectivity index (χ2v) is 10.4. The minimum absolute atomic E-state index is 0.326. The first-order valence-corrected chi connectivity index (χ1v) is 13.7. The van der Waals surface area contributed by atoms with Gasteiger partial charge in [-0.15, -0.1) is 0 Å². The Morgan fingerprint density at radius 3 is 2.46 bits per heavy atom. The number of aryl methyl sites for hydroxylation is 1. The summed E-state index contributed by atoms with van der Waals surface area (Å²) in [5, 5.41) is 13.8. The molecule has 0 saturated carbocycles. The van der Waals surface area contributed by atoms with Crippen molar-refractivity contribution in [3.05, 3.63) is 77.3 Å². The fourth-order valence-corrected chi connectivity index (χ4v) is 5.75. The molecule has 1 N–H and O–H groups in total. The maximum atomic E-state index is 13.5. The molecule has 0 radical (unpaired) electrons. The number of benzene rings is 1. The molecule has 5 heterocycles. The molecule has 1 fully saturated rings. The number of aromatic nitrogens is 4. The Kier molecular flexibility index (Phi) is 6.69. The third-order valence-corrected chi connectivity index (χ3v) is 8.00. The van der Waals surface area contributed by atoms with Crippen LogP contribution in [0.2, 0.25) is 0 Å². The molecule has 0 atom stereocenters. The van der Waals surface area contributed by atoms with Crippen LogP contribution in [0.1, 0.15) is 17.5 Å². The van der Waals surface area contributed by atoms with E-state index in [-0.39, 0.29) is 5.82 Å². The predicted molar refractivity (Wildman–Crippen MR) is 153 cm³/mol. The van der Waals surface area contributed by atoms with Crippen LogP contribution in [0, 0.1) is 17.1 Å². The van der Waals surface area contributed by atoms with Crippen LogP contribution in [-0.2, 0) is 6.42 Å².